The van der Waals surface area contributed by atoms with Crippen molar-refractivity contribution in [3.05, 3.63) is 35.6 Å². The van der Waals surface area contributed by atoms with Crippen LogP contribution in [0, 0.1) is 11.6 Å². The lowest BCUT2D eigenvalue weighted by atomic mass is 10.0. The zero-order chi connectivity index (χ0) is 13.3. The fourth-order valence-electron chi connectivity index (χ4n) is 1.93. The fourth-order valence-corrected chi connectivity index (χ4v) is 1.93. The minimum Gasteiger partial charge on any atom is -0.464 e. The average Bonchev–Trinajstić information content (AvgIpc) is 2.83. The molecule has 0 fully saturated rings. The zero-order valence-corrected chi connectivity index (χ0v) is 10.1. The highest BCUT2D eigenvalue weighted by molar-refractivity contribution is 6.02. The number of carbonyl (C=O) groups is 1. The molecule has 0 aliphatic rings. The molecule has 0 saturated carbocycles. The Bertz CT molecular complexity index is 588. The van der Waals surface area contributed by atoms with Gasteiger partial charge in [-0.1, -0.05) is 6.92 Å². The van der Waals surface area contributed by atoms with Crippen molar-refractivity contribution < 1.29 is 18.0 Å². The summed E-state index contributed by atoms with van der Waals surface area (Å²) in [6.07, 6.45) is 1.75. The smallest absolute Gasteiger partial charge is 0.182 e. The molecule has 1 heterocycles. The highest BCUT2D eigenvalue weighted by atomic mass is 19.2. The van der Waals surface area contributed by atoms with Crippen molar-refractivity contribution in [1.82, 2.24) is 5.32 Å². The first kappa shape index (κ1) is 12.7. The molecule has 2 rings (SSSR count). The predicted molar refractivity (Wildman–Crippen MR) is 63.6 cm³/mol. The number of halogens is 2. The summed E-state index contributed by atoms with van der Waals surface area (Å²) in [6, 6.07) is 2.04. The van der Waals surface area contributed by atoms with Crippen LogP contribution in [0.2, 0.25) is 0 Å². The van der Waals surface area contributed by atoms with Gasteiger partial charge in [-0.2, -0.15) is 0 Å². The Hall–Kier alpha value is -1.75. The van der Waals surface area contributed by atoms with Gasteiger partial charge in [0.2, 0.25) is 0 Å². The first-order valence-corrected chi connectivity index (χ1v) is 5.66. The standard InChI is InChI=1S/C13H13F2NO2/c1-3-9(16-2)13(17)8-6-10-7(4-5-18-10)11(14)12(8)15/h4-6,9,16H,3H2,1-2H3. The van der Waals surface area contributed by atoms with E-state index in [2.05, 4.69) is 5.32 Å². The van der Waals surface area contributed by atoms with E-state index in [0.717, 1.165) is 0 Å². The number of ketones is 1. The van der Waals surface area contributed by atoms with E-state index in [1.807, 2.05) is 0 Å². The number of hydrogen-bond donors (Lipinski definition) is 1. The monoisotopic (exact) mass is 253 g/mol. The summed E-state index contributed by atoms with van der Waals surface area (Å²) in [5.74, 6) is -2.65. The molecule has 0 spiro atoms. The van der Waals surface area contributed by atoms with Gasteiger partial charge in [0.25, 0.3) is 0 Å². The van der Waals surface area contributed by atoms with Gasteiger partial charge in [-0.15, -0.1) is 0 Å². The van der Waals surface area contributed by atoms with Gasteiger partial charge < -0.3 is 9.73 Å². The van der Waals surface area contributed by atoms with Crippen LogP contribution in [0.1, 0.15) is 23.7 Å². The second-order valence-electron chi connectivity index (χ2n) is 4.00. The van der Waals surface area contributed by atoms with Gasteiger partial charge in [-0.05, 0) is 25.6 Å². The van der Waals surface area contributed by atoms with Gasteiger partial charge in [0, 0.05) is 0 Å². The van der Waals surface area contributed by atoms with E-state index in [4.69, 9.17) is 4.42 Å². The quantitative estimate of drug-likeness (QED) is 0.852. The van der Waals surface area contributed by atoms with E-state index < -0.39 is 23.5 Å². The second-order valence-corrected chi connectivity index (χ2v) is 4.00. The SMILES string of the molecule is CCC(NC)C(=O)c1cc2occc2c(F)c1F. The summed E-state index contributed by atoms with van der Waals surface area (Å²) >= 11 is 0. The molecule has 0 bridgehead atoms. The number of hydrogen-bond acceptors (Lipinski definition) is 3. The number of carbonyl (C=O) groups excluding carboxylic acids is 1. The van der Waals surface area contributed by atoms with E-state index in [1.54, 1.807) is 14.0 Å². The van der Waals surface area contributed by atoms with E-state index >= 15 is 0 Å². The van der Waals surface area contributed by atoms with Crippen molar-refractivity contribution in [2.45, 2.75) is 19.4 Å². The van der Waals surface area contributed by atoms with Gasteiger partial charge in [-0.3, -0.25) is 4.79 Å². The van der Waals surface area contributed by atoms with Crippen molar-refractivity contribution in [2.75, 3.05) is 7.05 Å². The number of rotatable bonds is 4. The molecule has 2 aromatic rings. The Balaban J connectivity index is 2.57. The summed E-state index contributed by atoms with van der Waals surface area (Å²) in [4.78, 5) is 12.0. The molecular formula is C13H13F2NO2. The Morgan fingerprint density at radius 1 is 1.44 bits per heavy atom. The van der Waals surface area contributed by atoms with Crippen LogP contribution in [0.25, 0.3) is 11.0 Å². The number of furan rings is 1. The summed E-state index contributed by atoms with van der Waals surface area (Å²) in [7, 11) is 1.60. The Morgan fingerprint density at radius 2 is 2.17 bits per heavy atom. The molecule has 0 aliphatic heterocycles. The molecule has 1 N–H and O–H groups in total. The Labute approximate surface area is 103 Å². The van der Waals surface area contributed by atoms with Gasteiger partial charge in [0.15, 0.2) is 17.4 Å². The molecule has 0 radical (unpaired) electrons. The summed E-state index contributed by atoms with van der Waals surface area (Å²) < 4.78 is 32.6. The maximum atomic E-state index is 13.8. The van der Waals surface area contributed by atoms with Crippen LogP contribution in [0.15, 0.2) is 22.8 Å². The van der Waals surface area contributed by atoms with Crippen molar-refractivity contribution in [1.29, 1.82) is 0 Å². The molecular weight excluding hydrogens is 240 g/mol. The number of likely N-dealkylation sites (N-methyl/N-ethyl adjacent to an activating group) is 1. The van der Waals surface area contributed by atoms with Crippen molar-refractivity contribution in [3.8, 4) is 0 Å². The molecule has 3 nitrogen and oxygen atoms in total. The molecule has 18 heavy (non-hydrogen) atoms. The maximum absolute atomic E-state index is 13.8. The van der Waals surface area contributed by atoms with Crippen molar-refractivity contribution in [2.24, 2.45) is 0 Å². The van der Waals surface area contributed by atoms with E-state index in [1.165, 1.54) is 18.4 Å². The number of nitrogens with one attached hydrogen (secondary N) is 1. The third-order valence-electron chi connectivity index (χ3n) is 2.97. The highest BCUT2D eigenvalue weighted by Crippen LogP contribution is 2.25. The minimum atomic E-state index is -1.12. The second kappa shape index (κ2) is 4.86. The molecule has 0 amide bonds. The average molecular weight is 253 g/mol. The minimum absolute atomic E-state index is 0.0431. The molecule has 1 atom stereocenters. The van der Waals surface area contributed by atoms with Gasteiger partial charge in [0.1, 0.15) is 5.58 Å². The lowest BCUT2D eigenvalue weighted by molar-refractivity contribution is 0.0940. The zero-order valence-electron chi connectivity index (χ0n) is 10.1. The van der Waals surface area contributed by atoms with Crippen LogP contribution >= 0.6 is 0 Å². The maximum Gasteiger partial charge on any atom is 0.182 e. The predicted octanol–water partition coefficient (Wildman–Crippen LogP) is 2.89. The molecule has 1 aromatic heterocycles. The van der Waals surface area contributed by atoms with Crippen molar-refractivity contribution >= 4 is 16.8 Å². The lowest BCUT2D eigenvalue weighted by Crippen LogP contribution is -2.34. The normalized spacial score (nSPS) is 12.9. The Morgan fingerprint density at radius 3 is 2.78 bits per heavy atom. The molecule has 96 valence electrons. The summed E-state index contributed by atoms with van der Waals surface area (Å²) in [5, 5.41) is 2.81. The first-order valence-electron chi connectivity index (χ1n) is 5.66. The largest absolute Gasteiger partial charge is 0.464 e. The van der Waals surface area contributed by atoms with Crippen LogP contribution < -0.4 is 5.32 Å². The van der Waals surface area contributed by atoms with Crippen LogP contribution in [0.4, 0.5) is 8.78 Å². The van der Waals surface area contributed by atoms with E-state index in [-0.39, 0.29) is 16.5 Å². The fraction of sp³-hybridized carbons (Fsp3) is 0.308. The number of fused-ring (bicyclic) bond motifs is 1. The van der Waals surface area contributed by atoms with Crippen LogP contribution in [-0.2, 0) is 0 Å². The third-order valence-corrected chi connectivity index (χ3v) is 2.97. The highest BCUT2D eigenvalue weighted by Gasteiger charge is 2.24. The van der Waals surface area contributed by atoms with E-state index in [0.29, 0.717) is 6.42 Å². The first-order chi connectivity index (χ1) is 8.60. The molecule has 0 aliphatic carbocycles. The summed E-state index contributed by atoms with van der Waals surface area (Å²) in [6.45, 7) is 1.79. The summed E-state index contributed by atoms with van der Waals surface area (Å²) in [5.41, 5.74) is -0.112. The topological polar surface area (TPSA) is 42.2 Å². The Kier molecular flexibility index (Phi) is 3.43. The third kappa shape index (κ3) is 1.90. The molecule has 1 unspecified atom stereocenters. The van der Waals surface area contributed by atoms with Gasteiger partial charge >= 0.3 is 0 Å². The number of benzene rings is 1. The van der Waals surface area contributed by atoms with Crippen molar-refractivity contribution in [3.63, 3.8) is 0 Å². The van der Waals surface area contributed by atoms with Crippen LogP contribution in [-0.4, -0.2) is 18.9 Å². The van der Waals surface area contributed by atoms with Gasteiger partial charge in [-0.25, -0.2) is 8.78 Å². The van der Waals surface area contributed by atoms with Crippen LogP contribution in [0.5, 0.6) is 0 Å². The van der Waals surface area contributed by atoms with E-state index in [9.17, 15) is 13.6 Å². The lowest BCUT2D eigenvalue weighted by Gasteiger charge is -2.13. The molecule has 1 aromatic carbocycles. The van der Waals surface area contributed by atoms with Crippen LogP contribution in [0.3, 0.4) is 0 Å². The molecule has 5 heteroatoms. The van der Waals surface area contributed by atoms with Gasteiger partial charge in [0.05, 0.1) is 23.3 Å². The molecule has 0 saturated heterocycles. The number of Topliss-reactive ketones (excluding diaryl/α,β-unsaturated/α-hetero) is 1.